The topological polar surface area (TPSA) is 281 Å². The number of nitrogens with one attached hydrogen (secondary N) is 3. The number of halogens is 3. The van der Waals surface area contributed by atoms with Crippen LogP contribution in [-0.4, -0.2) is 170 Å². The number of nitrogens with zero attached hydrogens (tertiary/aromatic N) is 13. The van der Waals surface area contributed by atoms with Crippen LogP contribution in [0.25, 0.3) is 44.1 Å². The summed E-state index contributed by atoms with van der Waals surface area (Å²) >= 11 is 6.72. The Balaban J connectivity index is 0.000000176. The zero-order chi connectivity index (χ0) is 64.1. The lowest BCUT2D eigenvalue weighted by Gasteiger charge is -2.27. The minimum atomic E-state index is -1.01. The molecule has 0 radical (unpaired) electrons. The smallest absolute Gasteiger partial charge is 0.325 e. The van der Waals surface area contributed by atoms with E-state index in [4.69, 9.17) is 5.11 Å². The number of ketones is 2. The predicted octanol–water partition coefficient (Wildman–Crippen LogP) is 8.93. The van der Waals surface area contributed by atoms with Crippen LogP contribution in [0.2, 0.25) is 0 Å². The Labute approximate surface area is 544 Å². The molecule has 8 aromatic rings. The largest absolute Gasteiger partial charge is 0.480 e. The Morgan fingerprint density at radius 3 is 1.51 bits per heavy atom. The third kappa shape index (κ3) is 14.2. The molecule has 8 heterocycles. The molecule has 6 aromatic heterocycles. The first-order valence-corrected chi connectivity index (χ1v) is 30.8. The van der Waals surface area contributed by atoms with Crippen LogP contribution in [0, 0.1) is 52.4 Å². The summed E-state index contributed by atoms with van der Waals surface area (Å²) in [5.41, 5.74) is 8.96. The van der Waals surface area contributed by atoms with Gasteiger partial charge < -0.3 is 35.8 Å². The number of carboxylic acid groups (broad SMARTS) is 1. The van der Waals surface area contributed by atoms with Crippen molar-refractivity contribution >= 4 is 113 Å². The number of likely N-dealkylation sites (tertiary alicyclic amines) is 1. The average Bonchev–Trinajstić information content (AvgIpc) is 1.57. The van der Waals surface area contributed by atoms with Gasteiger partial charge in [-0.05, 0) is 197 Å². The highest BCUT2D eigenvalue weighted by atomic mass is 79.9. The van der Waals surface area contributed by atoms with E-state index in [0.717, 1.165) is 75.0 Å². The Morgan fingerprint density at radius 2 is 1.06 bits per heavy atom. The number of hydrogen-bond donors (Lipinski definition) is 4. The maximum Gasteiger partial charge on any atom is 0.325 e. The SMILES string of the molecule is CC(=O)c1nn(CC(=O)N2C3CC3(CN(C)C)C[C@H]2C(=O)Nc2nc(Br)ccc2C)c2c(C)cc(-c3cnc(C)nc3)cc12.CC(=O)c1nn(CC(=O)O)c2c(C)cc(-c3cnc(C)nc3)cc12.Cc1ccc(Br)nc1NC(=O)[C@@H]1CC2(CN(C)C)CC2N1.Cl. The molecular formula is C64H73Br2ClN16O7. The van der Waals surface area contributed by atoms with E-state index in [2.05, 4.69) is 112 Å². The summed E-state index contributed by atoms with van der Waals surface area (Å²) in [5.74, 6) is 0.599. The number of rotatable bonds is 16. The van der Waals surface area contributed by atoms with Gasteiger partial charge in [0.2, 0.25) is 17.7 Å². The minimum absolute atomic E-state index is 0. The van der Waals surface area contributed by atoms with Crippen molar-refractivity contribution in [3.8, 4) is 22.3 Å². The third-order valence-corrected chi connectivity index (χ3v) is 17.8. The second kappa shape index (κ2) is 26.6. The number of benzene rings is 2. The summed E-state index contributed by atoms with van der Waals surface area (Å²) < 4.78 is 4.32. The lowest BCUT2D eigenvalue weighted by molar-refractivity contribution is -0.138. The highest BCUT2D eigenvalue weighted by molar-refractivity contribution is 9.10. The molecule has 4 unspecified atom stereocenters. The second-order valence-electron chi connectivity index (χ2n) is 24.6. The van der Waals surface area contributed by atoms with Gasteiger partial charge >= 0.3 is 5.97 Å². The van der Waals surface area contributed by atoms with Gasteiger partial charge in [0.05, 0.1) is 17.1 Å². The Morgan fingerprint density at radius 1 is 0.600 bits per heavy atom. The van der Waals surface area contributed by atoms with Crippen molar-refractivity contribution in [1.82, 2.24) is 69.5 Å². The number of fused-ring (bicyclic) bond motifs is 4. The van der Waals surface area contributed by atoms with Crippen LogP contribution in [0.4, 0.5) is 11.6 Å². The van der Waals surface area contributed by atoms with E-state index in [1.165, 1.54) is 25.0 Å². The number of hydrogen-bond acceptors (Lipinski definition) is 17. The van der Waals surface area contributed by atoms with E-state index in [1.807, 2.05) is 104 Å². The van der Waals surface area contributed by atoms with Gasteiger partial charge in [-0.1, -0.05) is 12.1 Å². The van der Waals surface area contributed by atoms with Crippen LogP contribution in [0.1, 0.15) is 94.4 Å². The molecule has 472 valence electrons. The molecule has 2 saturated carbocycles. The molecule has 0 bridgehead atoms. The fourth-order valence-electron chi connectivity index (χ4n) is 12.8. The second-order valence-corrected chi connectivity index (χ2v) is 26.3. The van der Waals surface area contributed by atoms with Crippen molar-refractivity contribution in [3.63, 3.8) is 0 Å². The number of aryl methyl sites for hydroxylation is 6. The number of Topliss-reactive ketones (excluding diaryl/α,β-unsaturated/α-hetero) is 2. The summed E-state index contributed by atoms with van der Waals surface area (Å²) in [5, 5.41) is 28.6. The standard InChI is InChI=1S/C32H35BrN8O3.C17H16N4O3.C15H21BrN4O.ClH/c1-17-7-8-26(33)36-30(17)37-31(44)24-11-32(16-39(5)6)12-25(32)41(24)27(43)15-40-29-18(2)9-21(22-13-34-20(4)35-14-22)10-23(29)28(38-40)19(3)42;1-9-4-12(13-6-18-11(3)19-7-13)5-14-16(10(2)22)20-21(17(9)14)8-15(23)24;1-9-4-5-12(16)18-13(9)19-14(21)10-6-15(8-20(2)3)7-11(15)17-10;/h7-10,13-14,24-25H,11-12,15-16H2,1-6H3,(H,36,37,44);4-7H,8H2,1-3H3,(H,23,24);4-5,10-11,17H,6-8H2,1-3H3,(H,18,19,21);1H/t24-,25?,32?;;10-,11?,15?;/m0.0./s1. The monoisotopic (exact) mass is 1370 g/mol. The zero-order valence-corrected chi connectivity index (χ0v) is 56.3. The number of piperidine rings is 2. The molecule has 90 heavy (non-hydrogen) atoms. The number of carbonyl (C=O) groups is 6. The van der Waals surface area contributed by atoms with E-state index in [9.17, 15) is 28.8 Å². The third-order valence-electron chi connectivity index (χ3n) is 16.9. The average molecular weight is 1370 g/mol. The van der Waals surface area contributed by atoms with E-state index < -0.39 is 12.0 Å². The summed E-state index contributed by atoms with van der Waals surface area (Å²) in [7, 11) is 8.20. The van der Waals surface area contributed by atoms with Crippen molar-refractivity contribution in [2.45, 2.75) is 118 Å². The van der Waals surface area contributed by atoms with Crippen LogP contribution in [-0.2, 0) is 32.3 Å². The first-order chi connectivity index (χ1) is 42.1. The normalized spacial score (nSPS) is 20.1. The first-order valence-electron chi connectivity index (χ1n) is 29.2. The fraction of sp³-hybridized carbons (Fsp3) is 0.406. The lowest BCUT2D eigenvalue weighted by atomic mass is 9.98. The quantitative estimate of drug-likeness (QED) is 0.0519. The molecule has 4 aliphatic rings. The number of amides is 3. The van der Waals surface area contributed by atoms with E-state index in [0.29, 0.717) is 73.3 Å². The predicted molar refractivity (Wildman–Crippen MR) is 352 cm³/mol. The molecule has 2 aromatic carbocycles. The van der Waals surface area contributed by atoms with Crippen molar-refractivity contribution < 1.29 is 33.9 Å². The molecule has 2 aliphatic heterocycles. The highest BCUT2D eigenvalue weighted by Crippen LogP contribution is 2.60. The van der Waals surface area contributed by atoms with E-state index in [1.54, 1.807) is 34.4 Å². The molecule has 0 spiro atoms. The van der Waals surface area contributed by atoms with Gasteiger partial charge in [0.15, 0.2) is 11.6 Å². The lowest BCUT2D eigenvalue weighted by Crippen LogP contribution is -2.47. The number of anilines is 2. The Kier molecular flexibility index (Phi) is 19.7. The van der Waals surface area contributed by atoms with Crippen LogP contribution in [0.5, 0.6) is 0 Å². The van der Waals surface area contributed by atoms with Crippen molar-refractivity contribution in [2.24, 2.45) is 10.8 Å². The minimum Gasteiger partial charge on any atom is -0.480 e. The van der Waals surface area contributed by atoms with Gasteiger partial charge in [-0.25, -0.2) is 29.9 Å². The molecule has 3 amide bonds. The Hall–Kier alpha value is -7.81. The van der Waals surface area contributed by atoms with Gasteiger partial charge in [0, 0.05) is 96.5 Å². The molecule has 2 aliphatic carbocycles. The van der Waals surface area contributed by atoms with Gasteiger partial charge in [-0.15, -0.1) is 12.4 Å². The molecular weight excluding hydrogens is 1300 g/mol. The summed E-state index contributed by atoms with van der Waals surface area (Å²) in [6.45, 7) is 15.6. The first kappa shape index (κ1) is 66.6. The summed E-state index contributed by atoms with van der Waals surface area (Å²) in [4.78, 5) is 108. The molecule has 4 N–H and O–H groups in total. The van der Waals surface area contributed by atoms with Gasteiger partial charge in [0.1, 0.15) is 63.0 Å². The Bertz CT molecular complexity index is 4140. The number of aromatic nitrogens is 10. The number of pyridine rings is 2. The number of carbonyl (C=O) groups excluding carboxylic acids is 5. The fourth-order valence-corrected chi connectivity index (χ4v) is 13.5. The summed E-state index contributed by atoms with van der Waals surface area (Å²) in [6, 6.07) is 14.9. The molecule has 12 rings (SSSR count). The zero-order valence-electron chi connectivity index (χ0n) is 52.3. The van der Waals surface area contributed by atoms with Gasteiger partial charge in [-0.2, -0.15) is 10.2 Å². The maximum absolute atomic E-state index is 14.2. The molecule has 23 nitrogen and oxygen atoms in total. The maximum atomic E-state index is 14.2. The van der Waals surface area contributed by atoms with Crippen LogP contribution >= 0.6 is 44.3 Å². The van der Waals surface area contributed by atoms with Crippen molar-refractivity contribution in [1.29, 1.82) is 0 Å². The summed E-state index contributed by atoms with van der Waals surface area (Å²) in [6.07, 6.45) is 10.5. The molecule has 26 heteroatoms. The number of aliphatic carboxylic acids is 1. The van der Waals surface area contributed by atoms with Crippen LogP contribution in [0.3, 0.4) is 0 Å². The molecule has 4 fully saturated rings. The van der Waals surface area contributed by atoms with Crippen LogP contribution < -0.4 is 16.0 Å². The highest BCUT2D eigenvalue weighted by Gasteiger charge is 2.67. The molecule has 6 atom stereocenters. The van der Waals surface area contributed by atoms with Crippen molar-refractivity contribution in [2.75, 3.05) is 51.9 Å². The molecule has 2 saturated heterocycles. The van der Waals surface area contributed by atoms with Gasteiger partial charge in [0.25, 0.3) is 0 Å². The van der Waals surface area contributed by atoms with Crippen LogP contribution in [0.15, 0.2) is 82.5 Å². The number of carboxylic acids is 1. The van der Waals surface area contributed by atoms with E-state index >= 15 is 0 Å². The van der Waals surface area contributed by atoms with Crippen molar-refractivity contribution in [3.05, 3.63) is 128 Å². The van der Waals surface area contributed by atoms with Gasteiger partial charge in [-0.3, -0.25) is 38.1 Å². The van der Waals surface area contributed by atoms with E-state index in [-0.39, 0.29) is 78.0 Å².